The van der Waals surface area contributed by atoms with Gasteiger partial charge in [0.1, 0.15) is 30.3 Å². The van der Waals surface area contributed by atoms with Crippen LogP contribution in [0.25, 0.3) is 0 Å². The molecular formula is C27H47NO6S. The minimum Gasteiger partial charge on any atom is -0.463 e. The second-order valence-corrected chi connectivity index (χ2v) is 10.0. The molecule has 1 heterocycles. The molecule has 0 aromatic rings. The summed E-state index contributed by atoms with van der Waals surface area (Å²) < 4.78 is 10.7. The molecule has 1 aliphatic rings. The monoisotopic (exact) mass is 513 g/mol. The Hall–Kier alpha value is -1.35. The van der Waals surface area contributed by atoms with Gasteiger partial charge in [-0.05, 0) is 44.9 Å². The van der Waals surface area contributed by atoms with E-state index >= 15 is 0 Å². The van der Waals surface area contributed by atoms with Crippen LogP contribution in [-0.4, -0.2) is 52.4 Å². The van der Waals surface area contributed by atoms with Gasteiger partial charge in [-0.25, -0.2) is 0 Å². The number of carbonyl (C=O) groups is 2. The molecule has 0 aromatic carbocycles. The van der Waals surface area contributed by atoms with E-state index in [1.54, 1.807) is 0 Å². The van der Waals surface area contributed by atoms with E-state index in [0.29, 0.717) is 19.3 Å². The number of aliphatic hydroxyl groups is 2. The average Bonchev–Trinajstić information content (AvgIpc) is 2.84. The SMILES string of the molecule is CCCCC/C=C\C/C=C\CCCCCCCC(=O)OC[C@H]1OS[C@H](NC(=O)CCC)[C@@H](O)[C@@H]1O. The van der Waals surface area contributed by atoms with Crippen molar-refractivity contribution in [1.29, 1.82) is 0 Å². The molecule has 1 rings (SSSR count). The van der Waals surface area contributed by atoms with E-state index in [0.717, 1.165) is 57.0 Å². The minimum atomic E-state index is -1.24. The van der Waals surface area contributed by atoms with Crippen molar-refractivity contribution in [2.75, 3.05) is 6.61 Å². The Bertz CT molecular complexity index is 627. The molecule has 1 amide bonds. The maximum atomic E-state index is 12.0. The van der Waals surface area contributed by atoms with Crippen molar-refractivity contribution in [2.45, 2.75) is 127 Å². The van der Waals surface area contributed by atoms with E-state index in [9.17, 15) is 19.8 Å². The third-order valence-corrected chi connectivity index (χ3v) is 6.81. The Labute approximate surface area is 216 Å². The predicted molar refractivity (Wildman–Crippen MR) is 142 cm³/mol. The molecule has 35 heavy (non-hydrogen) atoms. The molecule has 0 spiro atoms. The Morgan fingerprint density at radius 1 is 0.857 bits per heavy atom. The largest absolute Gasteiger partial charge is 0.463 e. The summed E-state index contributed by atoms with van der Waals surface area (Å²) in [5.41, 5.74) is 0. The smallest absolute Gasteiger partial charge is 0.305 e. The number of aliphatic hydroxyl groups excluding tert-OH is 2. The number of nitrogens with one attached hydrogen (secondary N) is 1. The van der Waals surface area contributed by atoms with Gasteiger partial charge in [-0.15, -0.1) is 0 Å². The molecule has 0 radical (unpaired) electrons. The molecule has 1 saturated heterocycles. The van der Waals surface area contributed by atoms with Crippen molar-refractivity contribution in [3.8, 4) is 0 Å². The van der Waals surface area contributed by atoms with E-state index in [1.807, 2.05) is 6.92 Å². The zero-order valence-electron chi connectivity index (χ0n) is 21.7. The van der Waals surface area contributed by atoms with Crippen molar-refractivity contribution in [2.24, 2.45) is 0 Å². The lowest BCUT2D eigenvalue weighted by atomic mass is 10.1. The maximum absolute atomic E-state index is 12.0. The van der Waals surface area contributed by atoms with Crippen molar-refractivity contribution in [3.05, 3.63) is 24.3 Å². The van der Waals surface area contributed by atoms with Gasteiger partial charge in [0.2, 0.25) is 5.91 Å². The first-order valence-electron chi connectivity index (χ1n) is 13.4. The summed E-state index contributed by atoms with van der Waals surface area (Å²) in [5.74, 6) is -0.536. The van der Waals surface area contributed by atoms with Crippen LogP contribution in [0.1, 0.15) is 104 Å². The molecule has 0 aromatic heterocycles. The molecule has 3 N–H and O–H groups in total. The van der Waals surface area contributed by atoms with E-state index in [2.05, 4.69) is 36.5 Å². The first kappa shape index (κ1) is 31.7. The minimum absolute atomic E-state index is 0.125. The van der Waals surface area contributed by atoms with Crippen LogP contribution in [0.3, 0.4) is 0 Å². The van der Waals surface area contributed by atoms with Crippen LogP contribution < -0.4 is 5.32 Å². The summed E-state index contributed by atoms with van der Waals surface area (Å²) >= 11 is 0.887. The van der Waals surface area contributed by atoms with E-state index < -0.39 is 23.7 Å². The lowest BCUT2D eigenvalue weighted by molar-refractivity contribution is -0.151. The summed E-state index contributed by atoms with van der Waals surface area (Å²) in [6.45, 7) is 3.98. The first-order chi connectivity index (χ1) is 17.0. The lowest BCUT2D eigenvalue weighted by Gasteiger charge is -2.36. The van der Waals surface area contributed by atoms with Gasteiger partial charge in [-0.1, -0.05) is 70.3 Å². The van der Waals surface area contributed by atoms with Gasteiger partial charge >= 0.3 is 5.97 Å². The molecule has 8 heteroatoms. The molecule has 1 aliphatic heterocycles. The van der Waals surface area contributed by atoms with Crippen LogP contribution in [-0.2, 0) is 18.5 Å². The fraction of sp³-hybridized carbons (Fsp3) is 0.778. The maximum Gasteiger partial charge on any atom is 0.305 e. The standard InChI is InChI=1S/C27H47NO6S/c1-3-5-6-7-8-9-10-11-12-13-14-15-16-17-18-20-24(30)33-21-22-25(31)26(32)27(35-34-22)28-23(29)19-4-2/h8-9,11-12,22,25-27,31-32H,3-7,10,13-21H2,1-2H3,(H,28,29)/b9-8-,12-11-/t22-,25-,26+,27+/m1/s1. The van der Waals surface area contributed by atoms with Crippen molar-refractivity contribution < 1.29 is 28.7 Å². The van der Waals surface area contributed by atoms with Gasteiger partial charge in [0.25, 0.3) is 0 Å². The normalized spacial score (nSPS) is 22.6. The van der Waals surface area contributed by atoms with Crippen LogP contribution in [0.2, 0.25) is 0 Å². The number of rotatable bonds is 19. The molecule has 4 atom stereocenters. The van der Waals surface area contributed by atoms with Crippen molar-refractivity contribution in [1.82, 2.24) is 5.32 Å². The summed E-state index contributed by atoms with van der Waals surface area (Å²) in [6.07, 6.45) is 19.5. The summed E-state index contributed by atoms with van der Waals surface area (Å²) in [7, 11) is 0. The van der Waals surface area contributed by atoms with Gasteiger partial charge in [-0.2, -0.15) is 0 Å². The number of hydrogen-bond donors (Lipinski definition) is 3. The van der Waals surface area contributed by atoms with E-state index in [4.69, 9.17) is 8.92 Å². The highest BCUT2D eigenvalue weighted by Crippen LogP contribution is 2.28. The van der Waals surface area contributed by atoms with Crippen LogP contribution in [0, 0.1) is 0 Å². The van der Waals surface area contributed by atoms with Gasteiger partial charge in [-0.3, -0.25) is 9.59 Å². The summed E-state index contributed by atoms with van der Waals surface area (Å²) in [6, 6.07) is 0. The van der Waals surface area contributed by atoms with E-state index in [1.165, 1.54) is 25.7 Å². The topological polar surface area (TPSA) is 105 Å². The highest BCUT2D eigenvalue weighted by Gasteiger charge is 2.40. The number of ether oxygens (including phenoxy) is 1. The van der Waals surface area contributed by atoms with Crippen molar-refractivity contribution >= 4 is 23.9 Å². The predicted octanol–water partition coefficient (Wildman–Crippen LogP) is 5.35. The Kier molecular flexibility index (Phi) is 18.8. The average molecular weight is 514 g/mol. The fourth-order valence-electron chi connectivity index (χ4n) is 3.67. The lowest BCUT2D eigenvalue weighted by Crippen LogP contribution is -2.55. The van der Waals surface area contributed by atoms with Crippen LogP contribution in [0.5, 0.6) is 0 Å². The molecule has 0 aliphatic carbocycles. The Morgan fingerprint density at radius 3 is 2.20 bits per heavy atom. The van der Waals surface area contributed by atoms with Crippen molar-refractivity contribution in [3.63, 3.8) is 0 Å². The van der Waals surface area contributed by atoms with Crippen LogP contribution in [0.4, 0.5) is 0 Å². The third kappa shape index (κ3) is 15.4. The van der Waals surface area contributed by atoms with Crippen LogP contribution >= 0.6 is 12.0 Å². The zero-order valence-corrected chi connectivity index (χ0v) is 22.5. The number of esters is 1. The number of unbranched alkanes of at least 4 members (excludes halogenated alkanes) is 8. The van der Waals surface area contributed by atoms with Crippen LogP contribution in [0.15, 0.2) is 24.3 Å². The number of amides is 1. The quantitative estimate of drug-likeness (QED) is 0.0925. The molecule has 0 saturated carbocycles. The number of carbonyl (C=O) groups excluding carboxylic acids is 2. The third-order valence-electron chi connectivity index (χ3n) is 5.84. The highest BCUT2D eigenvalue weighted by molar-refractivity contribution is 7.95. The second kappa shape index (κ2) is 20.8. The van der Waals surface area contributed by atoms with Gasteiger partial charge in [0, 0.05) is 24.9 Å². The van der Waals surface area contributed by atoms with E-state index in [-0.39, 0.29) is 18.5 Å². The number of hydrogen-bond acceptors (Lipinski definition) is 7. The number of allylic oxidation sites excluding steroid dienone is 4. The molecule has 202 valence electrons. The van der Waals surface area contributed by atoms with Gasteiger partial charge < -0.3 is 24.4 Å². The first-order valence-corrected chi connectivity index (χ1v) is 14.2. The van der Waals surface area contributed by atoms with Gasteiger partial charge in [0.15, 0.2) is 0 Å². The summed E-state index contributed by atoms with van der Waals surface area (Å²) in [5, 5.41) is 22.4. The Morgan fingerprint density at radius 2 is 1.51 bits per heavy atom. The highest BCUT2D eigenvalue weighted by atomic mass is 32.2. The summed E-state index contributed by atoms with van der Waals surface area (Å²) in [4.78, 5) is 23.7. The molecule has 7 nitrogen and oxygen atoms in total. The molecule has 1 fully saturated rings. The van der Waals surface area contributed by atoms with Gasteiger partial charge in [0.05, 0.1) is 0 Å². The fourth-order valence-corrected chi connectivity index (χ4v) is 4.55. The zero-order chi connectivity index (χ0) is 25.7. The molecular weight excluding hydrogens is 466 g/mol. The Balaban J connectivity index is 2.03. The second-order valence-electron chi connectivity index (χ2n) is 9.11. The molecule has 0 unspecified atom stereocenters. The molecule has 0 bridgehead atoms.